The lowest BCUT2D eigenvalue weighted by molar-refractivity contribution is 0.0948. The highest BCUT2D eigenvalue weighted by molar-refractivity contribution is 7.99. The molecule has 8 heteroatoms. The predicted molar refractivity (Wildman–Crippen MR) is 103 cm³/mol. The van der Waals surface area contributed by atoms with Crippen LogP contribution in [0.15, 0.2) is 29.4 Å². The summed E-state index contributed by atoms with van der Waals surface area (Å²) >= 11 is 1.60. The fraction of sp³-hybridized carbons (Fsp3) is 0.389. The molecule has 0 aliphatic rings. The van der Waals surface area contributed by atoms with Gasteiger partial charge in [-0.15, -0.1) is 10.2 Å². The van der Waals surface area contributed by atoms with E-state index in [2.05, 4.69) is 27.0 Å². The van der Waals surface area contributed by atoms with Crippen molar-refractivity contribution in [1.29, 1.82) is 0 Å². The molecule has 1 N–H and O–H groups in total. The van der Waals surface area contributed by atoms with Gasteiger partial charge in [0.15, 0.2) is 5.16 Å². The molecule has 1 aromatic carbocycles. The number of hydrogen-bond acceptors (Lipinski definition) is 5. The number of carbonyl (C=O) groups excluding carboxylic acids is 1. The summed E-state index contributed by atoms with van der Waals surface area (Å²) < 4.78 is 9.20. The van der Waals surface area contributed by atoms with Gasteiger partial charge >= 0.3 is 0 Å². The first-order chi connectivity index (χ1) is 12.5. The summed E-state index contributed by atoms with van der Waals surface area (Å²) in [6.45, 7) is 5.41. The molecule has 26 heavy (non-hydrogen) atoms. The van der Waals surface area contributed by atoms with Gasteiger partial charge in [-0.25, -0.2) is 0 Å². The lowest BCUT2D eigenvalue weighted by Gasteiger charge is -2.07. The number of methoxy groups -OCH3 is 1. The highest BCUT2D eigenvalue weighted by Gasteiger charge is 2.14. The third kappa shape index (κ3) is 3.55. The maximum Gasteiger partial charge on any atom is 0.267 e. The van der Waals surface area contributed by atoms with Gasteiger partial charge in [-0.05, 0) is 38.1 Å². The molecular formula is C18H23N5O2S. The number of amides is 1. The quantitative estimate of drug-likeness (QED) is 0.509. The second kappa shape index (κ2) is 7.82. The van der Waals surface area contributed by atoms with Gasteiger partial charge in [0.05, 0.1) is 7.11 Å². The third-order valence-electron chi connectivity index (χ3n) is 4.32. The number of carbonyl (C=O) groups is 1. The van der Waals surface area contributed by atoms with E-state index in [4.69, 9.17) is 4.74 Å². The van der Waals surface area contributed by atoms with Gasteiger partial charge in [0.2, 0.25) is 0 Å². The van der Waals surface area contributed by atoms with Crippen LogP contribution in [0.25, 0.3) is 10.9 Å². The highest BCUT2D eigenvalue weighted by Crippen LogP contribution is 2.23. The van der Waals surface area contributed by atoms with E-state index in [0.717, 1.165) is 39.9 Å². The second-order valence-electron chi connectivity index (χ2n) is 5.89. The van der Waals surface area contributed by atoms with Gasteiger partial charge < -0.3 is 19.2 Å². The minimum atomic E-state index is -0.0867. The second-order valence-corrected chi connectivity index (χ2v) is 6.95. The number of aromatic nitrogens is 4. The van der Waals surface area contributed by atoms with Gasteiger partial charge in [-0.3, -0.25) is 4.79 Å². The first-order valence-corrected chi connectivity index (χ1v) is 9.48. The van der Waals surface area contributed by atoms with Gasteiger partial charge in [0.25, 0.3) is 5.91 Å². The molecule has 0 aliphatic carbocycles. The summed E-state index contributed by atoms with van der Waals surface area (Å²) in [5.41, 5.74) is 1.63. The van der Waals surface area contributed by atoms with E-state index in [1.54, 1.807) is 18.9 Å². The van der Waals surface area contributed by atoms with Gasteiger partial charge in [0, 0.05) is 36.8 Å². The summed E-state index contributed by atoms with van der Waals surface area (Å²) in [4.78, 5) is 12.5. The zero-order valence-electron chi connectivity index (χ0n) is 15.4. The monoisotopic (exact) mass is 373 g/mol. The van der Waals surface area contributed by atoms with Crippen molar-refractivity contribution in [1.82, 2.24) is 24.6 Å². The van der Waals surface area contributed by atoms with Gasteiger partial charge in [0.1, 0.15) is 17.3 Å². The molecule has 2 aromatic heterocycles. The first-order valence-electron chi connectivity index (χ1n) is 8.49. The average molecular weight is 373 g/mol. The lowest BCUT2D eigenvalue weighted by Crippen LogP contribution is -2.27. The number of nitrogens with zero attached hydrogens (tertiary/aromatic N) is 4. The Hall–Kier alpha value is -2.48. The van der Waals surface area contributed by atoms with E-state index in [1.807, 2.05) is 42.8 Å². The Balaban J connectivity index is 1.61. The number of rotatable bonds is 7. The largest absolute Gasteiger partial charge is 0.497 e. The minimum absolute atomic E-state index is 0.0867. The molecule has 0 aliphatic heterocycles. The molecular weight excluding hydrogens is 350 g/mol. The zero-order chi connectivity index (χ0) is 18.7. The third-order valence-corrected chi connectivity index (χ3v) is 5.29. The standard InChI is InChI=1S/C18H23N5O2S/c1-5-23-12(2)20-21-18(23)26-9-8-19-17(24)16-11-13-10-14(25-4)6-7-15(13)22(16)3/h6-7,10-11H,5,8-9H2,1-4H3,(H,19,24). The summed E-state index contributed by atoms with van der Waals surface area (Å²) in [5, 5.41) is 13.1. The number of ether oxygens (including phenoxy) is 1. The lowest BCUT2D eigenvalue weighted by atomic mass is 10.2. The molecule has 0 unspecified atom stereocenters. The van der Waals surface area contributed by atoms with Crippen molar-refractivity contribution in [2.45, 2.75) is 25.5 Å². The van der Waals surface area contributed by atoms with Gasteiger partial charge in [-0.2, -0.15) is 0 Å². The summed E-state index contributed by atoms with van der Waals surface area (Å²) in [6, 6.07) is 7.67. The normalized spacial score (nSPS) is 11.1. The van der Waals surface area contributed by atoms with Crippen LogP contribution in [-0.2, 0) is 13.6 Å². The molecule has 1 amide bonds. The van der Waals surface area contributed by atoms with Crippen molar-refractivity contribution in [3.05, 3.63) is 35.8 Å². The summed E-state index contributed by atoms with van der Waals surface area (Å²) in [5.74, 6) is 2.34. The molecule has 2 heterocycles. The molecule has 0 radical (unpaired) electrons. The van der Waals surface area contributed by atoms with Crippen LogP contribution in [0, 0.1) is 6.92 Å². The van der Waals surface area contributed by atoms with Crippen LogP contribution in [0.1, 0.15) is 23.2 Å². The van der Waals surface area contributed by atoms with Crippen LogP contribution in [0.2, 0.25) is 0 Å². The highest BCUT2D eigenvalue weighted by atomic mass is 32.2. The Kier molecular flexibility index (Phi) is 5.51. The maximum atomic E-state index is 12.5. The smallest absolute Gasteiger partial charge is 0.267 e. The maximum absolute atomic E-state index is 12.5. The molecule has 0 saturated heterocycles. The SMILES string of the molecule is CCn1c(C)nnc1SCCNC(=O)c1cc2cc(OC)ccc2n1C. The number of fused-ring (bicyclic) bond motifs is 1. The van der Waals surface area contributed by atoms with Crippen LogP contribution >= 0.6 is 11.8 Å². The molecule has 138 valence electrons. The van der Waals surface area contributed by atoms with Crippen LogP contribution < -0.4 is 10.1 Å². The van der Waals surface area contributed by atoms with E-state index >= 15 is 0 Å². The van der Waals surface area contributed by atoms with E-state index < -0.39 is 0 Å². The van der Waals surface area contributed by atoms with E-state index in [-0.39, 0.29) is 5.91 Å². The Bertz CT molecular complexity index is 931. The number of thioether (sulfide) groups is 1. The molecule has 7 nitrogen and oxygen atoms in total. The Morgan fingerprint density at radius 3 is 2.85 bits per heavy atom. The molecule has 0 fully saturated rings. The van der Waals surface area contributed by atoms with Crippen molar-refractivity contribution in [2.75, 3.05) is 19.4 Å². The Morgan fingerprint density at radius 2 is 2.12 bits per heavy atom. The summed E-state index contributed by atoms with van der Waals surface area (Å²) in [7, 11) is 3.53. The van der Waals surface area contributed by atoms with Gasteiger partial charge in [-0.1, -0.05) is 11.8 Å². The minimum Gasteiger partial charge on any atom is -0.497 e. The van der Waals surface area contributed by atoms with Crippen molar-refractivity contribution in [3.63, 3.8) is 0 Å². The fourth-order valence-corrected chi connectivity index (χ4v) is 3.80. The average Bonchev–Trinajstić information content (AvgIpc) is 3.17. The molecule has 0 bridgehead atoms. The van der Waals surface area contributed by atoms with Crippen molar-refractivity contribution in [3.8, 4) is 5.75 Å². The predicted octanol–water partition coefficient (Wildman–Crippen LogP) is 2.63. The van der Waals surface area contributed by atoms with Crippen molar-refractivity contribution >= 4 is 28.6 Å². The molecule has 0 spiro atoms. The van der Waals surface area contributed by atoms with Crippen LogP contribution in [0.3, 0.4) is 0 Å². The van der Waals surface area contributed by atoms with Crippen LogP contribution in [-0.4, -0.2) is 44.6 Å². The zero-order valence-corrected chi connectivity index (χ0v) is 16.3. The summed E-state index contributed by atoms with van der Waals surface area (Å²) in [6.07, 6.45) is 0. The molecule has 3 aromatic rings. The van der Waals surface area contributed by atoms with E-state index in [0.29, 0.717) is 12.2 Å². The number of aryl methyl sites for hydroxylation is 2. The first kappa shape index (κ1) is 18.3. The fourth-order valence-electron chi connectivity index (χ4n) is 2.90. The number of benzene rings is 1. The van der Waals surface area contributed by atoms with Crippen molar-refractivity contribution < 1.29 is 9.53 Å². The van der Waals surface area contributed by atoms with Crippen molar-refractivity contribution in [2.24, 2.45) is 7.05 Å². The topological polar surface area (TPSA) is 74.0 Å². The Morgan fingerprint density at radius 1 is 1.31 bits per heavy atom. The Labute approximate surface area is 156 Å². The molecule has 0 atom stereocenters. The molecule has 0 saturated carbocycles. The number of nitrogens with one attached hydrogen (secondary N) is 1. The van der Waals surface area contributed by atoms with E-state index in [1.165, 1.54) is 0 Å². The molecule has 3 rings (SSSR count). The number of hydrogen-bond donors (Lipinski definition) is 1. The van der Waals surface area contributed by atoms with Crippen LogP contribution in [0.5, 0.6) is 5.75 Å². The van der Waals surface area contributed by atoms with Crippen LogP contribution in [0.4, 0.5) is 0 Å². The van der Waals surface area contributed by atoms with E-state index in [9.17, 15) is 4.79 Å².